The van der Waals surface area contributed by atoms with Gasteiger partial charge in [-0.05, 0) is 70.3 Å². The molecule has 0 unspecified atom stereocenters. The summed E-state index contributed by atoms with van der Waals surface area (Å²) in [5.41, 5.74) is 8.03. The number of rotatable bonds is 13. The summed E-state index contributed by atoms with van der Waals surface area (Å²) < 4.78 is 11.2. The summed E-state index contributed by atoms with van der Waals surface area (Å²) in [5.74, 6) is 0.782. The second-order valence-electron chi connectivity index (χ2n) is 6.21. The highest BCUT2D eigenvalue weighted by molar-refractivity contribution is 5.54. The minimum absolute atomic E-state index is 0.151. The molecule has 0 aromatic heterocycles. The third-order valence-electron chi connectivity index (χ3n) is 3.54. The Balaban J connectivity index is 2.08. The Morgan fingerprint density at radius 1 is 1.09 bits per heavy atom. The quantitative estimate of drug-likeness (QED) is 0.428. The maximum Gasteiger partial charge on any atom is 0.142 e. The minimum Gasteiger partial charge on any atom is -0.489 e. The van der Waals surface area contributed by atoms with E-state index in [2.05, 4.69) is 18.3 Å². The summed E-state index contributed by atoms with van der Waals surface area (Å²) in [5, 5.41) is 3.46. The van der Waals surface area contributed by atoms with Gasteiger partial charge in [0, 0.05) is 13.2 Å². The fourth-order valence-corrected chi connectivity index (χ4v) is 2.30. The predicted molar refractivity (Wildman–Crippen MR) is 98.2 cm³/mol. The molecule has 1 aromatic carbocycles. The fourth-order valence-electron chi connectivity index (χ4n) is 2.30. The van der Waals surface area contributed by atoms with Crippen molar-refractivity contribution in [1.29, 1.82) is 0 Å². The minimum atomic E-state index is 0.151. The number of anilines is 1. The van der Waals surface area contributed by atoms with Gasteiger partial charge in [-0.2, -0.15) is 0 Å². The smallest absolute Gasteiger partial charge is 0.142 e. The van der Waals surface area contributed by atoms with Crippen molar-refractivity contribution in [3.05, 3.63) is 23.8 Å². The maximum absolute atomic E-state index is 6.04. The molecule has 0 fully saturated rings. The van der Waals surface area contributed by atoms with Gasteiger partial charge in [-0.25, -0.2) is 0 Å². The van der Waals surface area contributed by atoms with Crippen LogP contribution in [-0.2, 0) is 11.2 Å². The second-order valence-corrected chi connectivity index (χ2v) is 6.21. The van der Waals surface area contributed by atoms with E-state index in [1.165, 1.54) is 12.0 Å². The first-order chi connectivity index (χ1) is 11.1. The van der Waals surface area contributed by atoms with Crippen molar-refractivity contribution in [2.45, 2.75) is 59.0 Å². The zero-order valence-electron chi connectivity index (χ0n) is 15.1. The van der Waals surface area contributed by atoms with Gasteiger partial charge in [0.15, 0.2) is 0 Å². The van der Waals surface area contributed by atoms with Crippen molar-refractivity contribution in [2.75, 3.05) is 32.0 Å². The molecule has 132 valence electrons. The molecule has 1 rings (SSSR count). The van der Waals surface area contributed by atoms with Gasteiger partial charge in [-0.15, -0.1) is 0 Å². The molecule has 3 N–H and O–H groups in total. The molecule has 23 heavy (non-hydrogen) atoms. The molecular formula is C19H34N2O2. The second kappa shape index (κ2) is 12.2. The van der Waals surface area contributed by atoms with E-state index in [1.807, 2.05) is 26.0 Å². The van der Waals surface area contributed by atoms with E-state index in [4.69, 9.17) is 15.2 Å². The highest BCUT2D eigenvalue weighted by atomic mass is 16.5. The standard InChI is InChI=1S/C19H34N2O2/c1-4-5-13-22-14-7-12-21-11-6-8-17-9-10-19(18(20)15-17)23-16(2)3/h9-10,15-16,21H,4-8,11-14,20H2,1-3H3. The molecule has 0 bridgehead atoms. The number of hydrogen-bond acceptors (Lipinski definition) is 4. The van der Waals surface area contributed by atoms with Crippen LogP contribution < -0.4 is 15.8 Å². The average Bonchev–Trinajstić information content (AvgIpc) is 2.51. The molecule has 0 aliphatic carbocycles. The van der Waals surface area contributed by atoms with E-state index < -0.39 is 0 Å². The Labute approximate surface area is 141 Å². The number of nitrogen functional groups attached to an aromatic ring is 1. The molecule has 0 aliphatic heterocycles. The van der Waals surface area contributed by atoms with E-state index in [0.29, 0.717) is 0 Å². The van der Waals surface area contributed by atoms with Gasteiger partial charge in [-0.3, -0.25) is 0 Å². The first-order valence-electron chi connectivity index (χ1n) is 8.97. The predicted octanol–water partition coefficient (Wildman–Crippen LogP) is 3.79. The molecule has 0 aliphatic rings. The number of nitrogens with two attached hydrogens (primary N) is 1. The van der Waals surface area contributed by atoms with Crippen molar-refractivity contribution < 1.29 is 9.47 Å². The Morgan fingerprint density at radius 3 is 2.52 bits per heavy atom. The van der Waals surface area contributed by atoms with E-state index in [-0.39, 0.29) is 6.10 Å². The van der Waals surface area contributed by atoms with Crippen LogP contribution >= 0.6 is 0 Å². The van der Waals surface area contributed by atoms with Gasteiger partial charge in [0.1, 0.15) is 5.75 Å². The largest absolute Gasteiger partial charge is 0.489 e. The van der Waals surface area contributed by atoms with Crippen LogP contribution in [-0.4, -0.2) is 32.4 Å². The molecule has 0 heterocycles. The summed E-state index contributed by atoms with van der Waals surface area (Å²) >= 11 is 0. The van der Waals surface area contributed by atoms with E-state index in [9.17, 15) is 0 Å². The Hall–Kier alpha value is -1.26. The third kappa shape index (κ3) is 9.47. The van der Waals surface area contributed by atoms with Crippen LogP contribution in [0.2, 0.25) is 0 Å². The molecule has 4 heteroatoms. The normalized spacial score (nSPS) is 11.1. The van der Waals surface area contributed by atoms with Crippen LogP contribution in [0, 0.1) is 0 Å². The topological polar surface area (TPSA) is 56.5 Å². The van der Waals surface area contributed by atoms with Crippen molar-refractivity contribution in [3.8, 4) is 5.75 Å². The van der Waals surface area contributed by atoms with Gasteiger partial charge < -0.3 is 20.5 Å². The molecule has 4 nitrogen and oxygen atoms in total. The fraction of sp³-hybridized carbons (Fsp3) is 0.684. The average molecular weight is 322 g/mol. The lowest BCUT2D eigenvalue weighted by Crippen LogP contribution is -2.18. The summed E-state index contributed by atoms with van der Waals surface area (Å²) in [4.78, 5) is 0. The van der Waals surface area contributed by atoms with Crippen LogP contribution in [0.4, 0.5) is 5.69 Å². The number of aryl methyl sites for hydroxylation is 1. The number of unbranched alkanes of at least 4 members (excludes halogenated alkanes) is 1. The zero-order valence-corrected chi connectivity index (χ0v) is 15.1. The number of nitrogens with one attached hydrogen (secondary N) is 1. The van der Waals surface area contributed by atoms with Crippen LogP contribution in [0.3, 0.4) is 0 Å². The molecule has 0 saturated heterocycles. The van der Waals surface area contributed by atoms with Gasteiger partial charge >= 0.3 is 0 Å². The molecule has 0 amide bonds. The number of ether oxygens (including phenoxy) is 2. The Bertz CT molecular complexity index is 422. The van der Waals surface area contributed by atoms with Gasteiger partial charge in [0.05, 0.1) is 11.8 Å². The molecule has 0 spiro atoms. The first kappa shape index (κ1) is 19.8. The molecule has 0 saturated carbocycles. The van der Waals surface area contributed by atoms with Gasteiger partial charge in [0.25, 0.3) is 0 Å². The lowest BCUT2D eigenvalue weighted by molar-refractivity contribution is 0.129. The highest BCUT2D eigenvalue weighted by Gasteiger charge is 2.04. The molecule has 0 atom stereocenters. The van der Waals surface area contributed by atoms with Crippen molar-refractivity contribution >= 4 is 5.69 Å². The maximum atomic E-state index is 6.04. The molecule has 1 aromatic rings. The van der Waals surface area contributed by atoms with Gasteiger partial charge in [0.2, 0.25) is 0 Å². The van der Waals surface area contributed by atoms with Crippen LogP contribution in [0.1, 0.15) is 52.0 Å². The van der Waals surface area contributed by atoms with E-state index in [0.717, 1.165) is 63.4 Å². The SMILES string of the molecule is CCCCOCCCNCCCc1ccc(OC(C)C)c(N)c1. The van der Waals surface area contributed by atoms with Crippen LogP contribution in [0.25, 0.3) is 0 Å². The van der Waals surface area contributed by atoms with E-state index >= 15 is 0 Å². The Kier molecular flexibility index (Phi) is 10.5. The summed E-state index contributed by atoms with van der Waals surface area (Å²) in [6, 6.07) is 6.11. The van der Waals surface area contributed by atoms with Crippen molar-refractivity contribution in [2.24, 2.45) is 0 Å². The zero-order chi connectivity index (χ0) is 16.9. The van der Waals surface area contributed by atoms with Crippen LogP contribution in [0.15, 0.2) is 18.2 Å². The van der Waals surface area contributed by atoms with Crippen molar-refractivity contribution in [1.82, 2.24) is 5.32 Å². The lowest BCUT2D eigenvalue weighted by Gasteiger charge is -2.13. The van der Waals surface area contributed by atoms with Gasteiger partial charge in [-0.1, -0.05) is 19.4 Å². The highest BCUT2D eigenvalue weighted by Crippen LogP contribution is 2.24. The van der Waals surface area contributed by atoms with E-state index in [1.54, 1.807) is 0 Å². The monoisotopic (exact) mass is 322 g/mol. The third-order valence-corrected chi connectivity index (χ3v) is 3.54. The van der Waals surface area contributed by atoms with Crippen LogP contribution in [0.5, 0.6) is 5.75 Å². The summed E-state index contributed by atoms with van der Waals surface area (Å²) in [6.07, 6.45) is 5.74. The summed E-state index contributed by atoms with van der Waals surface area (Å²) in [6.45, 7) is 10.0. The van der Waals surface area contributed by atoms with Crippen molar-refractivity contribution in [3.63, 3.8) is 0 Å². The lowest BCUT2D eigenvalue weighted by atomic mass is 10.1. The first-order valence-corrected chi connectivity index (χ1v) is 8.97. The number of benzene rings is 1. The summed E-state index contributed by atoms with van der Waals surface area (Å²) in [7, 11) is 0. The molecular weight excluding hydrogens is 288 g/mol. The molecule has 0 radical (unpaired) electrons. The Morgan fingerprint density at radius 2 is 1.83 bits per heavy atom. The number of hydrogen-bond donors (Lipinski definition) is 2.